The number of aromatic amines is 1. The molecule has 0 radical (unpaired) electrons. The zero-order valence-electron chi connectivity index (χ0n) is 15.0. The summed E-state index contributed by atoms with van der Waals surface area (Å²) in [4.78, 5) is 20.3. The summed E-state index contributed by atoms with van der Waals surface area (Å²) in [6, 6.07) is 16.2. The van der Waals surface area contributed by atoms with Crippen LogP contribution in [0.15, 0.2) is 67.0 Å². The number of carbonyl (C=O) groups excluding carboxylic acids is 1. The summed E-state index contributed by atoms with van der Waals surface area (Å²) >= 11 is 6.04. The van der Waals surface area contributed by atoms with Crippen molar-refractivity contribution in [1.82, 2.24) is 9.97 Å². The van der Waals surface area contributed by atoms with Crippen molar-refractivity contribution in [3.05, 3.63) is 72.0 Å². The molecule has 6 nitrogen and oxygen atoms in total. The monoisotopic (exact) mass is 392 g/mol. The van der Waals surface area contributed by atoms with Crippen molar-refractivity contribution < 1.29 is 9.53 Å². The normalized spacial score (nSPS) is 10.6. The number of aromatic nitrogens is 2. The molecule has 2 heterocycles. The molecule has 2 amide bonds. The zero-order chi connectivity index (χ0) is 19.5. The van der Waals surface area contributed by atoms with Crippen molar-refractivity contribution in [3.8, 4) is 17.0 Å². The first-order valence-corrected chi connectivity index (χ1v) is 8.96. The lowest BCUT2D eigenvalue weighted by Gasteiger charge is -2.12. The summed E-state index contributed by atoms with van der Waals surface area (Å²) in [6.07, 6.45) is 3.45. The van der Waals surface area contributed by atoms with E-state index < -0.39 is 6.03 Å². The number of para-hydroxylation sites is 1. The lowest BCUT2D eigenvalue weighted by molar-refractivity contribution is 0.262. The smallest absolute Gasteiger partial charge is 0.323 e. The van der Waals surface area contributed by atoms with Crippen LogP contribution in [0.2, 0.25) is 5.02 Å². The Hall–Kier alpha value is -3.51. The first kappa shape index (κ1) is 17.9. The van der Waals surface area contributed by atoms with Crippen LogP contribution < -0.4 is 15.4 Å². The van der Waals surface area contributed by atoms with Crippen molar-refractivity contribution in [1.29, 1.82) is 0 Å². The Morgan fingerprint density at radius 3 is 2.75 bits per heavy atom. The molecule has 0 aliphatic rings. The summed E-state index contributed by atoms with van der Waals surface area (Å²) in [5.41, 5.74) is 3.71. The van der Waals surface area contributed by atoms with E-state index in [0.717, 1.165) is 22.2 Å². The number of pyridine rings is 1. The molecule has 2 aromatic heterocycles. The molecule has 0 spiro atoms. The second-order valence-corrected chi connectivity index (χ2v) is 6.52. The molecule has 4 rings (SSSR count). The van der Waals surface area contributed by atoms with Crippen molar-refractivity contribution in [2.45, 2.75) is 0 Å². The van der Waals surface area contributed by atoms with Gasteiger partial charge in [-0.25, -0.2) is 4.79 Å². The van der Waals surface area contributed by atoms with E-state index in [-0.39, 0.29) is 0 Å². The minimum Gasteiger partial charge on any atom is -0.495 e. The number of urea groups is 1. The van der Waals surface area contributed by atoms with Gasteiger partial charge < -0.3 is 20.4 Å². The van der Waals surface area contributed by atoms with Crippen LogP contribution in [0.4, 0.5) is 16.2 Å². The van der Waals surface area contributed by atoms with Crippen LogP contribution in [-0.2, 0) is 0 Å². The number of benzene rings is 2. The molecular formula is C21H17ClN4O2. The van der Waals surface area contributed by atoms with Crippen LogP contribution in [0, 0.1) is 0 Å². The van der Waals surface area contributed by atoms with E-state index in [0.29, 0.717) is 22.1 Å². The molecule has 4 aromatic rings. The third-order valence-electron chi connectivity index (χ3n) is 4.30. The summed E-state index contributed by atoms with van der Waals surface area (Å²) in [5, 5.41) is 7.14. The minimum atomic E-state index is -0.407. The van der Waals surface area contributed by atoms with Crippen LogP contribution in [0.1, 0.15) is 0 Å². The maximum absolute atomic E-state index is 12.7. The number of ether oxygens (including phenoxy) is 1. The number of rotatable bonds is 4. The summed E-state index contributed by atoms with van der Waals surface area (Å²) < 4.78 is 5.28. The number of methoxy groups -OCH3 is 1. The van der Waals surface area contributed by atoms with Gasteiger partial charge in [-0.1, -0.05) is 29.8 Å². The zero-order valence-corrected chi connectivity index (χ0v) is 15.7. The molecule has 0 aliphatic heterocycles. The van der Waals surface area contributed by atoms with Gasteiger partial charge in [-0.05, 0) is 36.4 Å². The van der Waals surface area contributed by atoms with Gasteiger partial charge in [0, 0.05) is 33.9 Å². The Kier molecular flexibility index (Phi) is 4.87. The Morgan fingerprint density at radius 2 is 1.96 bits per heavy atom. The van der Waals surface area contributed by atoms with Gasteiger partial charge in [-0.15, -0.1) is 0 Å². The molecule has 3 N–H and O–H groups in total. The van der Waals surface area contributed by atoms with E-state index in [4.69, 9.17) is 16.3 Å². The van der Waals surface area contributed by atoms with Crippen molar-refractivity contribution in [2.75, 3.05) is 17.7 Å². The van der Waals surface area contributed by atoms with E-state index in [1.165, 1.54) is 7.11 Å². The number of nitrogens with zero attached hydrogens (tertiary/aromatic N) is 1. The highest BCUT2D eigenvalue weighted by molar-refractivity contribution is 6.31. The van der Waals surface area contributed by atoms with Gasteiger partial charge in [0.1, 0.15) is 5.75 Å². The SMILES string of the molecule is COc1ccc(Cl)cc1NC(=O)Nc1c(-c2cccnc2)[nH]c2ccccc12. The van der Waals surface area contributed by atoms with Crippen molar-refractivity contribution >= 4 is 39.9 Å². The molecular weight excluding hydrogens is 376 g/mol. The van der Waals surface area contributed by atoms with Gasteiger partial charge in [-0.2, -0.15) is 0 Å². The Labute approximate surface area is 166 Å². The highest BCUT2D eigenvalue weighted by Crippen LogP contribution is 2.35. The molecule has 0 saturated heterocycles. The standard InChI is InChI=1S/C21H17ClN4O2/c1-28-18-9-8-14(22)11-17(18)25-21(27)26-20-15-6-2-3-7-16(15)24-19(20)13-5-4-10-23-12-13/h2-12,24H,1H3,(H2,25,26,27). The second-order valence-electron chi connectivity index (χ2n) is 6.09. The van der Waals surface area contributed by atoms with Gasteiger partial charge in [0.2, 0.25) is 0 Å². The molecule has 140 valence electrons. The lowest BCUT2D eigenvalue weighted by Crippen LogP contribution is -2.20. The number of nitrogens with one attached hydrogen (secondary N) is 3. The van der Waals surface area contributed by atoms with Gasteiger partial charge in [0.25, 0.3) is 0 Å². The van der Waals surface area contributed by atoms with Crippen LogP contribution in [-0.4, -0.2) is 23.1 Å². The predicted octanol–water partition coefficient (Wildman–Crippen LogP) is 5.54. The Morgan fingerprint density at radius 1 is 1.11 bits per heavy atom. The average Bonchev–Trinajstić information content (AvgIpc) is 3.07. The summed E-state index contributed by atoms with van der Waals surface area (Å²) in [5.74, 6) is 0.519. The molecule has 0 aliphatic carbocycles. The lowest BCUT2D eigenvalue weighted by atomic mass is 10.1. The van der Waals surface area contributed by atoms with E-state index in [1.54, 1.807) is 30.6 Å². The topological polar surface area (TPSA) is 79.0 Å². The molecule has 0 fully saturated rings. The number of anilines is 2. The number of H-pyrrole nitrogens is 1. The van der Waals surface area contributed by atoms with E-state index >= 15 is 0 Å². The Bertz CT molecular complexity index is 1140. The maximum Gasteiger partial charge on any atom is 0.323 e. The largest absolute Gasteiger partial charge is 0.495 e. The minimum absolute atomic E-state index is 0.407. The van der Waals surface area contributed by atoms with Crippen LogP contribution in [0.3, 0.4) is 0 Å². The molecule has 0 saturated carbocycles. The third kappa shape index (κ3) is 3.50. The van der Waals surface area contributed by atoms with Gasteiger partial charge in [0.05, 0.1) is 24.2 Å². The number of amides is 2. The highest BCUT2D eigenvalue weighted by atomic mass is 35.5. The maximum atomic E-state index is 12.7. The first-order valence-electron chi connectivity index (χ1n) is 8.58. The second kappa shape index (κ2) is 7.62. The highest BCUT2D eigenvalue weighted by Gasteiger charge is 2.16. The summed E-state index contributed by atoms with van der Waals surface area (Å²) in [6.45, 7) is 0. The van der Waals surface area contributed by atoms with Crippen molar-refractivity contribution in [2.24, 2.45) is 0 Å². The molecule has 0 atom stereocenters. The predicted molar refractivity (Wildman–Crippen MR) is 112 cm³/mol. The molecule has 0 bridgehead atoms. The third-order valence-corrected chi connectivity index (χ3v) is 4.54. The molecule has 28 heavy (non-hydrogen) atoms. The fourth-order valence-corrected chi connectivity index (χ4v) is 3.22. The number of carbonyl (C=O) groups is 1. The van der Waals surface area contributed by atoms with Gasteiger partial charge in [-0.3, -0.25) is 4.98 Å². The number of hydrogen-bond donors (Lipinski definition) is 3. The molecule has 2 aromatic carbocycles. The first-order chi connectivity index (χ1) is 13.7. The number of hydrogen-bond acceptors (Lipinski definition) is 3. The van der Waals surface area contributed by atoms with Crippen LogP contribution in [0.5, 0.6) is 5.75 Å². The fourth-order valence-electron chi connectivity index (χ4n) is 3.04. The average molecular weight is 393 g/mol. The van der Waals surface area contributed by atoms with Crippen LogP contribution in [0.25, 0.3) is 22.2 Å². The van der Waals surface area contributed by atoms with Crippen molar-refractivity contribution in [3.63, 3.8) is 0 Å². The fraction of sp³-hybridized carbons (Fsp3) is 0.0476. The van der Waals surface area contributed by atoms with E-state index in [2.05, 4.69) is 20.6 Å². The van der Waals surface area contributed by atoms with E-state index in [1.807, 2.05) is 36.4 Å². The molecule has 0 unspecified atom stereocenters. The van der Waals surface area contributed by atoms with E-state index in [9.17, 15) is 4.79 Å². The van der Waals surface area contributed by atoms with Gasteiger partial charge >= 0.3 is 6.03 Å². The Balaban J connectivity index is 1.70. The van der Waals surface area contributed by atoms with Gasteiger partial charge in [0.15, 0.2) is 0 Å². The van der Waals surface area contributed by atoms with Crippen LogP contribution >= 0.6 is 11.6 Å². The molecule has 7 heteroatoms. The summed E-state index contributed by atoms with van der Waals surface area (Å²) in [7, 11) is 1.53. The number of fused-ring (bicyclic) bond motifs is 1. The quantitative estimate of drug-likeness (QED) is 0.427. The number of halogens is 1.